The molecule has 13 N–H and O–H groups in total. The Bertz CT molecular complexity index is 6820. The predicted molar refractivity (Wildman–Crippen MR) is 569 cm³/mol. The smallest absolute Gasteiger partial charge is 0.229 e. The highest BCUT2D eigenvalue weighted by Crippen LogP contribution is 2.43. The number of halogens is 8. The summed E-state index contributed by atoms with van der Waals surface area (Å²) in [5.41, 5.74) is 12.7. The Labute approximate surface area is 878 Å². The van der Waals surface area contributed by atoms with Crippen molar-refractivity contribution in [1.82, 2.24) is 115 Å². The van der Waals surface area contributed by atoms with Crippen LogP contribution in [0.1, 0.15) is 194 Å². The molecule has 0 spiro atoms. The number of likely N-dealkylation sites (tertiary alicyclic amines) is 5. The van der Waals surface area contributed by atoms with Gasteiger partial charge in [-0.05, 0) is 295 Å². The van der Waals surface area contributed by atoms with Crippen LogP contribution in [0.3, 0.4) is 0 Å². The van der Waals surface area contributed by atoms with Gasteiger partial charge in [0.25, 0.3) is 0 Å². The zero-order valence-corrected chi connectivity index (χ0v) is 88.4. The van der Waals surface area contributed by atoms with E-state index >= 15 is 17.6 Å². The van der Waals surface area contributed by atoms with Gasteiger partial charge in [0.1, 0.15) is 43.4 Å². The summed E-state index contributed by atoms with van der Waals surface area (Å²) in [6.45, 7) is 26.4. The van der Waals surface area contributed by atoms with Gasteiger partial charge in [0, 0.05) is 130 Å². The number of nitrogens with zero attached hydrogens (tertiary/aromatic N) is 18. The predicted octanol–water partition coefficient (Wildman–Crippen LogP) is 19.9. The molecule has 786 valence electrons. The molecule has 0 atom stereocenters. The summed E-state index contributed by atoms with van der Waals surface area (Å²) in [5.74, 6) is 5.43. The second-order valence-corrected chi connectivity index (χ2v) is 43.6. The highest BCUT2D eigenvalue weighted by molar-refractivity contribution is 7.88. The molecule has 0 bridgehead atoms. The highest BCUT2D eigenvalue weighted by atomic mass is 35.5. The Kier molecular flexibility index (Phi) is 34.6. The van der Waals surface area contributed by atoms with Gasteiger partial charge in [-0.2, -0.15) is 40.3 Å². The second kappa shape index (κ2) is 48.0. The third-order valence-corrected chi connectivity index (χ3v) is 31.5. The fraction of sp³-hybridized carbons (Fsp3) is 0.466. The first-order chi connectivity index (χ1) is 71.1. The zero-order chi connectivity index (χ0) is 104. The molecule has 20 rings (SSSR count). The largest absolute Gasteiger partial charge is 0.342 e. The van der Waals surface area contributed by atoms with Crippen molar-refractivity contribution in [3.05, 3.63) is 208 Å². The third kappa shape index (κ3) is 27.0. The maximum Gasteiger partial charge on any atom is 0.229 e. The van der Waals surface area contributed by atoms with Gasteiger partial charge in [-0.15, -0.1) is 0 Å². The van der Waals surface area contributed by atoms with Crippen LogP contribution in [-0.2, 0) is 24.4 Å². The maximum absolute atomic E-state index is 15.3. The minimum absolute atomic E-state index is 0.130. The van der Waals surface area contributed by atoms with Gasteiger partial charge < -0.3 is 72.4 Å². The summed E-state index contributed by atoms with van der Waals surface area (Å²) in [4.78, 5) is 83.3. The van der Waals surface area contributed by atoms with Crippen LogP contribution in [0.5, 0.6) is 0 Å². The number of hydrogen-bond acceptors (Lipinski definition) is 28. The van der Waals surface area contributed by atoms with E-state index in [2.05, 4.69) is 138 Å². The van der Waals surface area contributed by atoms with Gasteiger partial charge in [0.15, 0.2) is 46.5 Å². The van der Waals surface area contributed by atoms with Crippen molar-refractivity contribution < 1.29 is 40.4 Å². The number of benzene rings is 4. The lowest BCUT2D eigenvalue weighted by Crippen LogP contribution is -2.53. The number of aromatic amines is 4. The number of rotatable bonds is 25. The van der Waals surface area contributed by atoms with Gasteiger partial charge in [-0.3, -0.25) is 34.8 Å². The SMILES string of the molecule is Cc1cc(Nc2nc(Nc3cc(C)c(C4CCN(C(=O)C5CCCC5)CC4)cc3F)ncc2Cl)n[nH]1.Cc1cc(Nc2nc(Nc3cc(C)c(C4CCN(C(=O)C5CCNCC5)CC4)cc3F)ncc2Cl)n[nH]1.Cc1cc(Nc2nc(Nc3cc(C)c(C4CCN(C(=O)C5CN(C)C5)CC4)cc3F)ncc2Cl)n[nH]1.Cc1cc(Nc2nc(Nc3cc(C)c(C4CCN(C5CCN(S(C)(=O)=O)CC5)CC4)cc3F)ncc2Cl)n[nH]1. The molecule has 8 aliphatic rings. The number of anilines is 16. The highest BCUT2D eigenvalue weighted by Gasteiger charge is 2.39. The van der Waals surface area contributed by atoms with E-state index in [9.17, 15) is 22.8 Å². The first-order valence-corrected chi connectivity index (χ1v) is 53.9. The molecule has 0 radical (unpaired) electrons. The van der Waals surface area contributed by atoms with Crippen LogP contribution in [0.4, 0.5) is 111 Å². The minimum atomic E-state index is -3.12. The normalized spacial score (nSPS) is 17.4. The van der Waals surface area contributed by atoms with E-state index in [1.54, 1.807) is 52.8 Å². The van der Waals surface area contributed by atoms with Crippen molar-refractivity contribution in [1.29, 1.82) is 0 Å². The summed E-state index contributed by atoms with van der Waals surface area (Å²) in [7, 11) is -1.09. The van der Waals surface area contributed by atoms with E-state index in [1.165, 1.54) is 31.0 Å². The molecular formula is C103H127Cl4F4N31O5S. The van der Waals surface area contributed by atoms with Crippen LogP contribution in [0.15, 0.2) is 97.6 Å². The fourth-order valence-corrected chi connectivity index (χ4v) is 22.5. The zero-order valence-electron chi connectivity index (χ0n) is 84.6. The van der Waals surface area contributed by atoms with E-state index in [4.69, 9.17) is 46.4 Å². The number of piperidine rings is 6. The topological polar surface area (TPSA) is 431 Å². The van der Waals surface area contributed by atoms with E-state index < -0.39 is 10.0 Å². The van der Waals surface area contributed by atoms with Gasteiger partial charge in [0.05, 0.1) is 59.7 Å². The summed E-state index contributed by atoms with van der Waals surface area (Å²) in [5, 5.41) is 56.5. The van der Waals surface area contributed by atoms with Crippen LogP contribution >= 0.6 is 46.4 Å². The lowest BCUT2D eigenvalue weighted by Gasteiger charge is -2.41. The molecule has 148 heavy (non-hydrogen) atoms. The van der Waals surface area contributed by atoms with E-state index in [-0.39, 0.29) is 100 Å². The Balaban J connectivity index is 0.000000135. The third-order valence-electron chi connectivity index (χ3n) is 29.1. The summed E-state index contributed by atoms with van der Waals surface area (Å²) >= 11 is 24.9. The number of carbonyl (C=O) groups excluding carboxylic acids is 3. The molecule has 1 saturated carbocycles. The van der Waals surface area contributed by atoms with Crippen molar-refractivity contribution >= 4 is 167 Å². The van der Waals surface area contributed by atoms with Gasteiger partial charge in [-0.1, -0.05) is 59.2 Å². The average Bonchev–Trinajstić information content (AvgIpc) is 1.10. The Hall–Kier alpha value is -12.5. The van der Waals surface area contributed by atoms with Crippen LogP contribution in [0, 0.1) is 96.4 Å². The molecule has 7 saturated heterocycles. The molecular weight excluding hydrogens is 2000 g/mol. The summed E-state index contributed by atoms with van der Waals surface area (Å²) < 4.78 is 86.0. The summed E-state index contributed by atoms with van der Waals surface area (Å²) in [6.07, 6.45) is 22.0. The van der Waals surface area contributed by atoms with Crippen molar-refractivity contribution in [2.75, 3.05) is 147 Å². The number of hydrogen-bond donors (Lipinski definition) is 13. The number of aryl methyl sites for hydroxylation is 8. The van der Waals surface area contributed by atoms with E-state index in [0.29, 0.717) is 128 Å². The lowest BCUT2D eigenvalue weighted by atomic mass is 9.85. The first-order valence-electron chi connectivity index (χ1n) is 50.6. The molecule has 1 aliphatic carbocycles. The van der Waals surface area contributed by atoms with Crippen LogP contribution in [-0.4, -0.2) is 247 Å². The molecule has 8 fully saturated rings. The van der Waals surface area contributed by atoms with Gasteiger partial charge >= 0.3 is 0 Å². The number of amides is 3. The van der Waals surface area contributed by atoms with E-state index in [0.717, 1.165) is 235 Å². The monoisotopic (exact) mass is 2130 g/mol. The second-order valence-electron chi connectivity index (χ2n) is 40.0. The standard InChI is InChI=1S/C26H34ClFN8O2S.C26H32ClFN8O.C26H31ClFN7O.C25H30ClFN8O/c1-16-12-23(30-26-29-15-21(27)25(32-26)31-24-13-17(2)33-34-24)22(28)14-20(16)18-4-8-35(9-5-18)19-6-10-36(11-7-19)39(3,37)38;1-15-11-22(31-26-30-14-20(27)24(33-26)32-23-12-16(2)34-35-23)21(28)13-19(15)17-5-9-36(10-6-17)25(37)18-3-7-29-8-4-18;1-15-11-22(30-26-29-14-20(27)24(32-26)31-23-12-16(2)33-34-23)21(28)13-19(15)17-7-9-35(10-8-17)25(36)18-5-3-4-6-18;1-14-8-21(29-25-28-11-19(26)23(31-25)30-22-9-15(2)32-33-22)20(27)10-18(14)16-4-6-35(7-5-16)24(36)17-12-34(3)13-17/h12-15,18-19H,4-11H2,1-3H3,(H3,29,30,31,32,33,34);11-14,17-18,29H,3-10H2,1-2H3,(H3,30,31,32,33,34,35);11-14,17-18H,3-10H2,1-2H3,(H3,29,30,31,32,33,34);8-11,16-17H,4-7,12-13H2,1-3H3,(H3,28,29,30,31,32,33). The molecule has 4 aromatic carbocycles. The molecule has 0 unspecified atom stereocenters. The fourth-order valence-electron chi connectivity index (χ4n) is 21.1. The van der Waals surface area contributed by atoms with Crippen LogP contribution in [0.25, 0.3) is 0 Å². The molecule has 3 amide bonds. The minimum Gasteiger partial charge on any atom is -0.342 e. The number of H-pyrrole nitrogens is 4. The van der Waals surface area contributed by atoms with Crippen molar-refractivity contribution in [2.24, 2.45) is 17.8 Å². The molecule has 12 aromatic rings. The van der Waals surface area contributed by atoms with Gasteiger partial charge in [0.2, 0.25) is 51.5 Å². The Morgan fingerprint density at radius 1 is 0.351 bits per heavy atom. The number of nitrogens with one attached hydrogen (secondary N) is 13. The maximum atomic E-state index is 15.3. The quantitative estimate of drug-likeness (QED) is 0.0236. The van der Waals surface area contributed by atoms with Crippen LogP contribution in [0.2, 0.25) is 20.1 Å². The van der Waals surface area contributed by atoms with Crippen molar-refractivity contribution in [2.45, 2.75) is 188 Å². The first kappa shape index (κ1) is 107. The number of aromatic nitrogens is 16. The lowest BCUT2D eigenvalue weighted by molar-refractivity contribution is -0.141. The van der Waals surface area contributed by atoms with Crippen molar-refractivity contribution in [3.8, 4) is 0 Å². The number of carbonyl (C=O) groups is 3. The molecule has 15 heterocycles. The average molecular weight is 2130 g/mol. The molecule has 7 aliphatic heterocycles. The van der Waals surface area contributed by atoms with Crippen LogP contribution < -0.4 is 47.9 Å². The van der Waals surface area contributed by atoms with Crippen molar-refractivity contribution in [3.63, 3.8) is 0 Å². The molecule has 36 nitrogen and oxygen atoms in total. The number of sulfonamides is 1. The summed E-state index contributed by atoms with van der Waals surface area (Å²) in [6, 6.07) is 21.3. The Morgan fingerprint density at radius 2 is 0.622 bits per heavy atom. The Morgan fingerprint density at radius 3 is 0.885 bits per heavy atom. The van der Waals surface area contributed by atoms with Gasteiger partial charge in [-0.25, -0.2) is 50.2 Å². The molecule has 45 heteroatoms. The van der Waals surface area contributed by atoms with E-state index in [1.807, 2.05) is 101 Å². The molecule has 8 aromatic heterocycles.